The van der Waals surface area contributed by atoms with Crippen LogP contribution in [0.5, 0.6) is 0 Å². The molecule has 1 rings (SSSR count). The van der Waals surface area contributed by atoms with Gasteiger partial charge in [-0.05, 0) is 49.9 Å². The third-order valence-corrected chi connectivity index (χ3v) is 16.8. The lowest BCUT2D eigenvalue weighted by Crippen LogP contribution is -2.43. The zero-order chi connectivity index (χ0) is 27.1. The molecule has 0 aromatic carbocycles. The molecule has 3 atom stereocenters. The molecule has 0 amide bonds. The number of rotatable bonds is 21. The van der Waals surface area contributed by atoms with Crippen LogP contribution < -0.4 is 0 Å². The summed E-state index contributed by atoms with van der Waals surface area (Å²) in [7, 11) is 7.67. The Labute approximate surface area is 223 Å². The van der Waals surface area contributed by atoms with E-state index in [0.29, 0.717) is 11.8 Å². The lowest BCUT2D eigenvalue weighted by atomic mass is 9.70. The van der Waals surface area contributed by atoms with Gasteiger partial charge in [-0.3, -0.25) is 0 Å². The summed E-state index contributed by atoms with van der Waals surface area (Å²) in [5, 5.41) is 0. The van der Waals surface area contributed by atoms with E-state index in [-0.39, 0.29) is 0 Å². The molecule has 3 unspecified atom stereocenters. The van der Waals surface area contributed by atoms with Crippen LogP contribution in [-0.2, 0) is 39.8 Å². The molecular formula is C24H54O9Si3. The van der Waals surface area contributed by atoms with Crippen LogP contribution in [0.25, 0.3) is 0 Å². The Bertz CT molecular complexity index is 536. The fourth-order valence-electron chi connectivity index (χ4n) is 5.86. The highest BCUT2D eigenvalue weighted by Crippen LogP contribution is 2.42. The molecule has 0 N–H and O–H groups in total. The molecule has 0 radical (unpaired) electrons. The van der Waals surface area contributed by atoms with E-state index in [1.54, 1.807) is 64.0 Å². The van der Waals surface area contributed by atoms with E-state index in [9.17, 15) is 0 Å². The Balaban J connectivity index is 2.75. The molecule has 0 spiro atoms. The fraction of sp³-hybridized carbons (Fsp3) is 1.00. The molecule has 1 aliphatic rings. The first-order valence-electron chi connectivity index (χ1n) is 13.3. The van der Waals surface area contributed by atoms with Crippen molar-refractivity contribution in [1.82, 2.24) is 0 Å². The average Bonchev–Trinajstić information content (AvgIpc) is 2.93. The second-order valence-electron chi connectivity index (χ2n) is 9.76. The Morgan fingerprint density at radius 2 is 0.778 bits per heavy atom. The zero-order valence-electron chi connectivity index (χ0n) is 24.4. The van der Waals surface area contributed by atoms with Crippen LogP contribution in [0.1, 0.15) is 57.8 Å². The predicted molar refractivity (Wildman–Crippen MR) is 147 cm³/mol. The Morgan fingerprint density at radius 1 is 0.444 bits per heavy atom. The molecular weight excluding hydrogens is 517 g/mol. The van der Waals surface area contributed by atoms with Gasteiger partial charge in [-0.1, -0.05) is 25.7 Å². The highest BCUT2D eigenvalue weighted by molar-refractivity contribution is 6.61. The van der Waals surface area contributed by atoms with E-state index >= 15 is 0 Å². The minimum atomic E-state index is -2.54. The van der Waals surface area contributed by atoms with Gasteiger partial charge < -0.3 is 39.8 Å². The fourth-order valence-corrected chi connectivity index (χ4v) is 11.1. The van der Waals surface area contributed by atoms with Crippen molar-refractivity contribution in [1.29, 1.82) is 0 Å². The predicted octanol–water partition coefficient (Wildman–Crippen LogP) is 4.99. The maximum atomic E-state index is 5.66. The number of hydrogen-bond donors (Lipinski definition) is 0. The minimum Gasteiger partial charge on any atom is -0.377 e. The van der Waals surface area contributed by atoms with Gasteiger partial charge in [0.2, 0.25) is 0 Å². The van der Waals surface area contributed by atoms with E-state index in [0.717, 1.165) is 43.3 Å². The Kier molecular flexibility index (Phi) is 17.0. The van der Waals surface area contributed by atoms with Gasteiger partial charge in [-0.25, -0.2) is 0 Å². The van der Waals surface area contributed by atoms with E-state index in [1.165, 1.54) is 38.5 Å². The summed E-state index contributed by atoms with van der Waals surface area (Å²) in [4.78, 5) is 0. The normalized spacial score (nSPS) is 21.8. The Hall–Kier alpha value is 0.291. The first kappa shape index (κ1) is 34.3. The molecule has 12 heteroatoms. The molecule has 9 nitrogen and oxygen atoms in total. The number of hydrogen-bond acceptors (Lipinski definition) is 9. The molecule has 0 aromatic rings. The molecule has 1 fully saturated rings. The van der Waals surface area contributed by atoms with Gasteiger partial charge in [0.05, 0.1) is 0 Å². The maximum Gasteiger partial charge on any atom is 0.500 e. The molecule has 0 saturated heterocycles. The molecule has 216 valence electrons. The molecule has 1 aliphatic carbocycles. The smallest absolute Gasteiger partial charge is 0.377 e. The van der Waals surface area contributed by atoms with Crippen molar-refractivity contribution in [2.75, 3.05) is 64.0 Å². The first-order chi connectivity index (χ1) is 17.3. The first-order valence-corrected chi connectivity index (χ1v) is 19.1. The summed E-state index contributed by atoms with van der Waals surface area (Å²) in [6.45, 7) is 0. The SMILES string of the molecule is CO[Si](CCCC1CCC(CCC[Si](OC)(OC)OC)C(CCC[Si](OC)(OC)OC)C1)(OC)OC. The molecule has 36 heavy (non-hydrogen) atoms. The lowest BCUT2D eigenvalue weighted by Gasteiger charge is -2.38. The van der Waals surface area contributed by atoms with Gasteiger partial charge in [0, 0.05) is 82.1 Å². The molecule has 0 bridgehead atoms. The van der Waals surface area contributed by atoms with Gasteiger partial charge in [0.15, 0.2) is 0 Å². The van der Waals surface area contributed by atoms with Crippen molar-refractivity contribution in [2.24, 2.45) is 17.8 Å². The van der Waals surface area contributed by atoms with Gasteiger partial charge >= 0.3 is 26.4 Å². The van der Waals surface area contributed by atoms with Gasteiger partial charge in [-0.15, -0.1) is 0 Å². The standard InChI is InChI=1S/C24H54O9Si3/c1-25-34(26-2,27-3)18-10-13-22-16-17-23(14-11-19-35(28-4,29-5)30-6)24(21-22)15-12-20-36(31-7,32-8)33-9/h22-24H,10-21H2,1-9H3. The van der Waals surface area contributed by atoms with E-state index in [4.69, 9.17) is 39.8 Å². The van der Waals surface area contributed by atoms with E-state index in [1.807, 2.05) is 0 Å². The van der Waals surface area contributed by atoms with Crippen LogP contribution >= 0.6 is 0 Å². The van der Waals surface area contributed by atoms with Crippen LogP contribution in [0.2, 0.25) is 18.1 Å². The zero-order valence-corrected chi connectivity index (χ0v) is 27.4. The van der Waals surface area contributed by atoms with Crippen molar-refractivity contribution < 1.29 is 39.8 Å². The minimum absolute atomic E-state index is 0.680. The van der Waals surface area contributed by atoms with Crippen LogP contribution in [0.4, 0.5) is 0 Å². The van der Waals surface area contributed by atoms with E-state index < -0.39 is 26.4 Å². The second kappa shape index (κ2) is 17.8. The third kappa shape index (κ3) is 10.1. The van der Waals surface area contributed by atoms with Crippen molar-refractivity contribution in [3.63, 3.8) is 0 Å². The van der Waals surface area contributed by atoms with Gasteiger partial charge in [0.1, 0.15) is 0 Å². The summed E-state index contributed by atoms with van der Waals surface area (Å²) in [5.74, 6) is 2.11. The summed E-state index contributed by atoms with van der Waals surface area (Å²) in [6, 6.07) is 2.57. The van der Waals surface area contributed by atoms with E-state index in [2.05, 4.69) is 0 Å². The van der Waals surface area contributed by atoms with Crippen LogP contribution in [0.15, 0.2) is 0 Å². The summed E-state index contributed by atoms with van der Waals surface area (Å²) < 4.78 is 50.7. The highest BCUT2D eigenvalue weighted by Gasteiger charge is 2.41. The second-order valence-corrected chi connectivity index (χ2v) is 19.0. The molecule has 1 saturated carbocycles. The summed E-state index contributed by atoms with van der Waals surface area (Å²) in [6.07, 6.45) is 10.5. The highest BCUT2D eigenvalue weighted by atomic mass is 28.4. The van der Waals surface area contributed by atoms with Crippen molar-refractivity contribution in [2.45, 2.75) is 75.9 Å². The van der Waals surface area contributed by atoms with Gasteiger partial charge in [-0.2, -0.15) is 0 Å². The Morgan fingerprint density at radius 3 is 1.14 bits per heavy atom. The molecule has 0 heterocycles. The van der Waals surface area contributed by atoms with Crippen molar-refractivity contribution in [3.05, 3.63) is 0 Å². The average molecular weight is 571 g/mol. The van der Waals surface area contributed by atoms with Gasteiger partial charge in [0.25, 0.3) is 0 Å². The molecule has 0 aromatic heterocycles. The van der Waals surface area contributed by atoms with Crippen LogP contribution in [-0.4, -0.2) is 90.4 Å². The quantitative estimate of drug-likeness (QED) is 0.177. The van der Waals surface area contributed by atoms with Crippen molar-refractivity contribution >= 4 is 26.4 Å². The maximum absolute atomic E-state index is 5.66. The van der Waals surface area contributed by atoms with Crippen molar-refractivity contribution in [3.8, 4) is 0 Å². The van der Waals surface area contributed by atoms with Crippen LogP contribution in [0.3, 0.4) is 0 Å². The largest absolute Gasteiger partial charge is 0.500 e. The monoisotopic (exact) mass is 570 g/mol. The topological polar surface area (TPSA) is 83.1 Å². The van der Waals surface area contributed by atoms with Crippen LogP contribution in [0, 0.1) is 17.8 Å². The third-order valence-electron chi connectivity index (χ3n) is 8.26. The summed E-state index contributed by atoms with van der Waals surface area (Å²) in [5.41, 5.74) is 0. The lowest BCUT2D eigenvalue weighted by molar-refractivity contribution is 0.111. The molecule has 0 aliphatic heterocycles. The summed E-state index contributed by atoms with van der Waals surface area (Å²) >= 11 is 0.